The van der Waals surface area contributed by atoms with Crippen LogP contribution in [0.3, 0.4) is 0 Å². The smallest absolute Gasteiger partial charge is 0.0440 e. The van der Waals surface area contributed by atoms with E-state index in [1.807, 2.05) is 12.4 Å². The van der Waals surface area contributed by atoms with Crippen molar-refractivity contribution >= 4 is 5.69 Å². The fraction of sp³-hybridized carbons (Fsp3) is 0.667. The zero-order chi connectivity index (χ0) is 12.8. The maximum atomic E-state index is 4.25. The van der Waals surface area contributed by atoms with Crippen molar-refractivity contribution in [3.8, 4) is 0 Å². The first-order valence-corrected chi connectivity index (χ1v) is 7.16. The highest BCUT2D eigenvalue weighted by Gasteiger charge is 2.20. The molecule has 2 rings (SSSR count). The molecule has 0 spiro atoms. The monoisotopic (exact) mass is 247 g/mol. The predicted molar refractivity (Wildman–Crippen MR) is 76.8 cm³/mol. The van der Waals surface area contributed by atoms with Crippen LogP contribution in [0.5, 0.6) is 0 Å². The van der Waals surface area contributed by atoms with Crippen molar-refractivity contribution in [3.05, 3.63) is 24.0 Å². The lowest BCUT2D eigenvalue weighted by molar-refractivity contribution is 0.321. The maximum Gasteiger partial charge on any atom is 0.0440 e. The Hall–Kier alpha value is -1.09. The van der Waals surface area contributed by atoms with Gasteiger partial charge in [0.1, 0.15) is 0 Å². The molecular weight excluding hydrogens is 222 g/mol. The Kier molecular flexibility index (Phi) is 5.00. The van der Waals surface area contributed by atoms with Gasteiger partial charge in [-0.3, -0.25) is 4.98 Å². The third kappa shape index (κ3) is 3.45. The van der Waals surface area contributed by atoms with Gasteiger partial charge in [-0.2, -0.15) is 0 Å². The van der Waals surface area contributed by atoms with E-state index in [0.29, 0.717) is 0 Å². The molecule has 1 aromatic rings. The summed E-state index contributed by atoms with van der Waals surface area (Å²) in [4.78, 5) is 6.65. The van der Waals surface area contributed by atoms with Crippen LogP contribution < -0.4 is 10.2 Å². The molecule has 0 bridgehead atoms. The van der Waals surface area contributed by atoms with Gasteiger partial charge in [-0.1, -0.05) is 13.3 Å². The van der Waals surface area contributed by atoms with Gasteiger partial charge in [0.15, 0.2) is 0 Å². The molecule has 3 nitrogen and oxygen atoms in total. The van der Waals surface area contributed by atoms with Gasteiger partial charge in [0, 0.05) is 43.8 Å². The average Bonchev–Trinajstić information content (AvgIpc) is 2.34. The van der Waals surface area contributed by atoms with Crippen molar-refractivity contribution in [1.82, 2.24) is 10.3 Å². The van der Waals surface area contributed by atoms with Gasteiger partial charge in [-0.25, -0.2) is 0 Å². The molecule has 1 aliphatic carbocycles. The summed E-state index contributed by atoms with van der Waals surface area (Å²) >= 11 is 0. The quantitative estimate of drug-likeness (QED) is 0.751. The van der Waals surface area contributed by atoms with Crippen LogP contribution in [0.15, 0.2) is 18.5 Å². The Morgan fingerprint density at radius 1 is 1.44 bits per heavy atom. The Morgan fingerprint density at radius 2 is 2.28 bits per heavy atom. The molecule has 100 valence electrons. The lowest BCUT2D eigenvalue weighted by Gasteiger charge is -2.32. The van der Waals surface area contributed by atoms with E-state index in [4.69, 9.17) is 0 Å². The predicted octanol–water partition coefficient (Wildman–Crippen LogP) is 2.82. The lowest BCUT2D eigenvalue weighted by Crippen LogP contribution is -2.30. The number of nitrogens with one attached hydrogen (secondary N) is 1. The zero-order valence-electron chi connectivity index (χ0n) is 11.7. The largest absolute Gasteiger partial charge is 0.374 e. The molecule has 1 aromatic heterocycles. The fourth-order valence-electron chi connectivity index (χ4n) is 2.49. The third-order valence-electron chi connectivity index (χ3n) is 3.79. The molecule has 1 saturated carbocycles. The summed E-state index contributed by atoms with van der Waals surface area (Å²) in [7, 11) is 2.21. The number of hydrogen-bond donors (Lipinski definition) is 1. The van der Waals surface area contributed by atoms with E-state index in [-0.39, 0.29) is 0 Å². The highest BCUT2D eigenvalue weighted by molar-refractivity contribution is 5.51. The second-order valence-corrected chi connectivity index (χ2v) is 5.36. The van der Waals surface area contributed by atoms with Gasteiger partial charge in [0.05, 0.1) is 0 Å². The Morgan fingerprint density at radius 3 is 2.94 bits per heavy atom. The molecule has 1 N–H and O–H groups in total. The van der Waals surface area contributed by atoms with E-state index < -0.39 is 0 Å². The molecule has 1 aliphatic rings. The molecular formula is C15H25N3. The fourth-order valence-corrected chi connectivity index (χ4v) is 2.49. The number of pyridine rings is 1. The van der Waals surface area contributed by atoms with Gasteiger partial charge in [-0.15, -0.1) is 0 Å². The molecule has 0 atom stereocenters. The van der Waals surface area contributed by atoms with Crippen LogP contribution in [-0.2, 0) is 6.54 Å². The van der Waals surface area contributed by atoms with E-state index in [9.17, 15) is 0 Å². The second-order valence-electron chi connectivity index (χ2n) is 5.36. The van der Waals surface area contributed by atoms with Gasteiger partial charge >= 0.3 is 0 Å². The van der Waals surface area contributed by atoms with Gasteiger partial charge in [0.25, 0.3) is 0 Å². The van der Waals surface area contributed by atoms with Crippen LogP contribution in [0, 0.1) is 5.92 Å². The van der Waals surface area contributed by atoms with E-state index in [0.717, 1.165) is 19.0 Å². The minimum absolute atomic E-state index is 0.902. The van der Waals surface area contributed by atoms with Crippen molar-refractivity contribution in [3.63, 3.8) is 0 Å². The Bertz CT molecular complexity index is 361. The first-order valence-electron chi connectivity index (χ1n) is 7.16. The van der Waals surface area contributed by atoms with Crippen molar-refractivity contribution in [1.29, 1.82) is 0 Å². The Balaban J connectivity index is 1.96. The summed E-state index contributed by atoms with van der Waals surface area (Å²) in [6.07, 6.45) is 9.29. The van der Waals surface area contributed by atoms with Crippen molar-refractivity contribution < 1.29 is 0 Å². The summed E-state index contributed by atoms with van der Waals surface area (Å²) in [5, 5.41) is 3.46. The lowest BCUT2D eigenvalue weighted by atomic mass is 9.85. The molecule has 0 unspecified atom stereocenters. The van der Waals surface area contributed by atoms with Crippen LogP contribution >= 0.6 is 0 Å². The summed E-state index contributed by atoms with van der Waals surface area (Å²) in [6.45, 7) is 5.37. The molecule has 0 amide bonds. The summed E-state index contributed by atoms with van der Waals surface area (Å²) in [5.74, 6) is 0.902. The molecule has 3 heteroatoms. The second kappa shape index (κ2) is 6.74. The van der Waals surface area contributed by atoms with E-state index in [2.05, 4.69) is 35.2 Å². The summed E-state index contributed by atoms with van der Waals surface area (Å²) in [5.41, 5.74) is 2.65. The number of nitrogens with zero attached hydrogens (tertiary/aromatic N) is 2. The standard InChI is InChI=1S/C15H25N3/c1-3-8-16-10-14-11-17-9-7-15(14)18(2)12-13-5-4-6-13/h7,9,11,13,16H,3-6,8,10,12H2,1-2H3. The SMILES string of the molecule is CCCNCc1cnccc1N(C)CC1CCC1. The maximum absolute atomic E-state index is 4.25. The van der Waals surface area contributed by atoms with E-state index in [1.54, 1.807) is 0 Å². The zero-order valence-corrected chi connectivity index (χ0v) is 11.7. The van der Waals surface area contributed by atoms with Crippen LogP contribution in [0.2, 0.25) is 0 Å². The molecule has 1 heterocycles. The number of rotatable bonds is 7. The van der Waals surface area contributed by atoms with E-state index >= 15 is 0 Å². The number of anilines is 1. The highest BCUT2D eigenvalue weighted by Crippen LogP contribution is 2.29. The van der Waals surface area contributed by atoms with Gasteiger partial charge < -0.3 is 10.2 Å². The molecule has 0 aliphatic heterocycles. The first-order chi connectivity index (χ1) is 8.81. The topological polar surface area (TPSA) is 28.2 Å². The molecule has 0 saturated heterocycles. The van der Waals surface area contributed by atoms with E-state index in [1.165, 1.54) is 43.5 Å². The number of hydrogen-bond acceptors (Lipinski definition) is 3. The molecule has 18 heavy (non-hydrogen) atoms. The Labute approximate surface area is 111 Å². The minimum atomic E-state index is 0.902. The molecule has 0 radical (unpaired) electrons. The normalized spacial score (nSPS) is 15.4. The van der Waals surface area contributed by atoms with Crippen LogP contribution in [0.1, 0.15) is 38.2 Å². The highest BCUT2D eigenvalue weighted by atomic mass is 15.1. The third-order valence-corrected chi connectivity index (χ3v) is 3.79. The van der Waals surface area contributed by atoms with Crippen molar-refractivity contribution in [2.24, 2.45) is 5.92 Å². The summed E-state index contributed by atoms with van der Waals surface area (Å²) < 4.78 is 0. The van der Waals surface area contributed by atoms with Crippen LogP contribution in [-0.4, -0.2) is 25.1 Å². The minimum Gasteiger partial charge on any atom is -0.374 e. The van der Waals surface area contributed by atoms with Gasteiger partial charge in [0.2, 0.25) is 0 Å². The van der Waals surface area contributed by atoms with Crippen LogP contribution in [0.25, 0.3) is 0 Å². The summed E-state index contributed by atoms with van der Waals surface area (Å²) in [6, 6.07) is 2.14. The number of aromatic nitrogens is 1. The first kappa shape index (κ1) is 13.3. The van der Waals surface area contributed by atoms with Crippen molar-refractivity contribution in [2.45, 2.75) is 39.2 Å². The molecule has 0 aromatic carbocycles. The van der Waals surface area contributed by atoms with Crippen molar-refractivity contribution in [2.75, 3.05) is 25.0 Å². The van der Waals surface area contributed by atoms with Gasteiger partial charge in [-0.05, 0) is 37.8 Å². The average molecular weight is 247 g/mol. The van der Waals surface area contributed by atoms with Crippen LogP contribution in [0.4, 0.5) is 5.69 Å². The molecule has 1 fully saturated rings.